The highest BCUT2D eigenvalue weighted by Crippen LogP contribution is 2.41. The van der Waals surface area contributed by atoms with Crippen molar-refractivity contribution in [3.8, 4) is 0 Å². The molecule has 0 saturated heterocycles. The van der Waals surface area contributed by atoms with Crippen molar-refractivity contribution in [3.63, 3.8) is 0 Å². The molecule has 0 bridgehead atoms. The fourth-order valence-electron chi connectivity index (χ4n) is 1.05. The van der Waals surface area contributed by atoms with Crippen LogP contribution in [0, 0.1) is 10.1 Å². The van der Waals surface area contributed by atoms with Crippen LogP contribution in [0.1, 0.15) is 17.7 Å². The predicted octanol–water partition coefficient (Wildman–Crippen LogP) is 3.71. The highest BCUT2D eigenvalue weighted by atomic mass is 79.9. The number of alkyl halides is 5. The minimum absolute atomic E-state index is 0.277. The van der Waals surface area contributed by atoms with Gasteiger partial charge in [-0.3, -0.25) is 10.1 Å². The van der Waals surface area contributed by atoms with E-state index in [0.29, 0.717) is 0 Å². The molecule has 0 saturated carbocycles. The van der Waals surface area contributed by atoms with Crippen LogP contribution >= 0.6 is 15.9 Å². The number of nitro groups is 1. The lowest BCUT2D eigenvalue weighted by molar-refractivity contribution is -0.386. The maximum atomic E-state index is 12.5. The molecule has 94 valence electrons. The number of pyridine rings is 1. The molecule has 0 radical (unpaired) electrons. The SMILES string of the molecule is O=[N+]([O-])c1cnc(C(F)(F)F)c(C(F)F)c1Br. The van der Waals surface area contributed by atoms with Gasteiger partial charge >= 0.3 is 11.9 Å². The molecule has 0 fully saturated rings. The van der Waals surface area contributed by atoms with Gasteiger partial charge in [0.1, 0.15) is 10.7 Å². The maximum absolute atomic E-state index is 12.5. The Morgan fingerprint density at radius 2 is 1.94 bits per heavy atom. The van der Waals surface area contributed by atoms with E-state index in [-0.39, 0.29) is 6.20 Å². The fourth-order valence-corrected chi connectivity index (χ4v) is 1.65. The summed E-state index contributed by atoms with van der Waals surface area (Å²) < 4.78 is 61.0. The van der Waals surface area contributed by atoms with Gasteiger partial charge in [0.05, 0.1) is 10.5 Å². The Labute approximate surface area is 98.7 Å². The van der Waals surface area contributed by atoms with E-state index in [2.05, 4.69) is 20.9 Å². The van der Waals surface area contributed by atoms with Crippen molar-refractivity contribution in [2.45, 2.75) is 12.6 Å². The molecule has 0 aromatic carbocycles. The molecule has 0 atom stereocenters. The van der Waals surface area contributed by atoms with Crippen LogP contribution in [0.15, 0.2) is 10.7 Å². The molecule has 10 heteroatoms. The van der Waals surface area contributed by atoms with Gasteiger partial charge in [0, 0.05) is 0 Å². The zero-order valence-corrected chi connectivity index (χ0v) is 9.22. The molecule has 1 rings (SSSR count). The van der Waals surface area contributed by atoms with Crippen molar-refractivity contribution in [2.24, 2.45) is 0 Å². The third-order valence-corrected chi connectivity index (χ3v) is 2.55. The standard InChI is InChI=1S/C7H2BrF5N2O2/c8-4-2(15(16)17)1-14-5(7(11,12)13)3(4)6(9)10/h1,6H. The number of hydrogen-bond acceptors (Lipinski definition) is 3. The average molecular weight is 321 g/mol. The topological polar surface area (TPSA) is 56.0 Å². The summed E-state index contributed by atoms with van der Waals surface area (Å²) in [5.41, 5.74) is -4.33. The van der Waals surface area contributed by atoms with Crippen molar-refractivity contribution in [2.75, 3.05) is 0 Å². The molecular weight excluding hydrogens is 319 g/mol. The maximum Gasteiger partial charge on any atom is 0.433 e. The van der Waals surface area contributed by atoms with Crippen LogP contribution in [-0.2, 0) is 6.18 Å². The molecule has 0 unspecified atom stereocenters. The van der Waals surface area contributed by atoms with Crippen molar-refractivity contribution in [1.82, 2.24) is 4.98 Å². The normalized spacial score (nSPS) is 11.9. The Kier molecular flexibility index (Phi) is 3.65. The first kappa shape index (κ1) is 13.7. The largest absolute Gasteiger partial charge is 0.433 e. The second-order valence-corrected chi connectivity index (χ2v) is 3.57. The highest BCUT2D eigenvalue weighted by molar-refractivity contribution is 9.10. The molecule has 4 nitrogen and oxygen atoms in total. The first-order valence-electron chi connectivity index (χ1n) is 3.84. The van der Waals surface area contributed by atoms with Crippen LogP contribution in [0.4, 0.5) is 27.6 Å². The van der Waals surface area contributed by atoms with Gasteiger partial charge in [-0.05, 0) is 15.9 Å². The van der Waals surface area contributed by atoms with E-state index in [1.807, 2.05) is 0 Å². The molecule has 0 aliphatic heterocycles. The first-order valence-corrected chi connectivity index (χ1v) is 4.63. The second-order valence-electron chi connectivity index (χ2n) is 2.78. The van der Waals surface area contributed by atoms with E-state index in [1.165, 1.54) is 0 Å². The van der Waals surface area contributed by atoms with E-state index >= 15 is 0 Å². The molecule has 17 heavy (non-hydrogen) atoms. The third kappa shape index (κ3) is 2.68. The van der Waals surface area contributed by atoms with Gasteiger partial charge < -0.3 is 0 Å². The Morgan fingerprint density at radius 3 is 2.29 bits per heavy atom. The van der Waals surface area contributed by atoms with Crippen LogP contribution in [0.2, 0.25) is 0 Å². The highest BCUT2D eigenvalue weighted by Gasteiger charge is 2.40. The summed E-state index contributed by atoms with van der Waals surface area (Å²) in [4.78, 5) is 11.9. The van der Waals surface area contributed by atoms with Crippen LogP contribution in [0.3, 0.4) is 0 Å². The average Bonchev–Trinajstić information content (AvgIpc) is 2.14. The first-order chi connectivity index (χ1) is 7.66. The molecule has 0 spiro atoms. The quantitative estimate of drug-likeness (QED) is 0.474. The second kappa shape index (κ2) is 4.51. The minimum atomic E-state index is -5.11. The Hall–Kier alpha value is -1.32. The molecule has 0 aliphatic carbocycles. The molecule has 1 aromatic rings. The molecular formula is C7H2BrF5N2O2. The minimum Gasteiger partial charge on any atom is -0.258 e. The van der Waals surface area contributed by atoms with E-state index in [1.54, 1.807) is 0 Å². The lowest BCUT2D eigenvalue weighted by atomic mass is 10.2. The Morgan fingerprint density at radius 1 is 1.41 bits per heavy atom. The third-order valence-electron chi connectivity index (χ3n) is 1.72. The molecule has 1 heterocycles. The Bertz CT molecular complexity index is 462. The summed E-state index contributed by atoms with van der Waals surface area (Å²) in [6, 6.07) is 0. The van der Waals surface area contributed by atoms with Gasteiger partial charge in [0.2, 0.25) is 0 Å². The molecule has 1 aromatic heterocycles. The number of halogens is 6. The van der Waals surface area contributed by atoms with Crippen molar-refractivity contribution < 1.29 is 26.9 Å². The molecule has 0 aliphatic rings. The number of rotatable bonds is 2. The van der Waals surface area contributed by atoms with Gasteiger partial charge in [-0.15, -0.1) is 0 Å². The summed E-state index contributed by atoms with van der Waals surface area (Å²) in [5, 5.41) is 10.4. The van der Waals surface area contributed by atoms with E-state index in [4.69, 9.17) is 0 Å². The van der Waals surface area contributed by atoms with Gasteiger partial charge in [0.15, 0.2) is 5.69 Å². The van der Waals surface area contributed by atoms with E-state index < -0.39 is 38.9 Å². The van der Waals surface area contributed by atoms with Gasteiger partial charge in [0.25, 0.3) is 6.43 Å². The molecule has 0 amide bonds. The summed E-state index contributed by atoms with van der Waals surface area (Å²) >= 11 is 2.36. The van der Waals surface area contributed by atoms with E-state index in [9.17, 15) is 32.1 Å². The van der Waals surface area contributed by atoms with Crippen molar-refractivity contribution in [1.29, 1.82) is 0 Å². The monoisotopic (exact) mass is 320 g/mol. The number of aromatic nitrogens is 1. The van der Waals surface area contributed by atoms with Crippen LogP contribution in [-0.4, -0.2) is 9.91 Å². The zero-order chi connectivity index (χ0) is 13.4. The summed E-state index contributed by atoms with van der Waals surface area (Å²) in [7, 11) is 0. The van der Waals surface area contributed by atoms with Crippen LogP contribution in [0.5, 0.6) is 0 Å². The van der Waals surface area contributed by atoms with Gasteiger partial charge in [-0.2, -0.15) is 13.2 Å². The van der Waals surface area contributed by atoms with Crippen molar-refractivity contribution >= 4 is 21.6 Å². The summed E-state index contributed by atoms with van der Waals surface area (Å²) in [5.74, 6) is 0. The predicted molar refractivity (Wildman–Crippen MR) is 48.6 cm³/mol. The molecule has 0 N–H and O–H groups in total. The van der Waals surface area contributed by atoms with Gasteiger partial charge in [-0.1, -0.05) is 0 Å². The lowest BCUT2D eigenvalue weighted by Gasteiger charge is -2.12. The van der Waals surface area contributed by atoms with Gasteiger partial charge in [-0.25, -0.2) is 13.8 Å². The fraction of sp³-hybridized carbons (Fsp3) is 0.286. The van der Waals surface area contributed by atoms with Crippen LogP contribution in [0.25, 0.3) is 0 Å². The summed E-state index contributed by atoms with van der Waals surface area (Å²) in [6.07, 6.45) is -8.37. The van der Waals surface area contributed by atoms with Crippen LogP contribution < -0.4 is 0 Å². The lowest BCUT2D eigenvalue weighted by Crippen LogP contribution is -2.13. The Balaban J connectivity index is 3.57. The zero-order valence-electron chi connectivity index (χ0n) is 7.63. The van der Waals surface area contributed by atoms with E-state index in [0.717, 1.165) is 0 Å². The number of nitrogens with zero attached hydrogens (tertiary/aromatic N) is 2. The smallest absolute Gasteiger partial charge is 0.258 e. The van der Waals surface area contributed by atoms with Crippen molar-refractivity contribution in [3.05, 3.63) is 32.0 Å². The number of hydrogen-bond donors (Lipinski definition) is 0. The summed E-state index contributed by atoms with van der Waals surface area (Å²) in [6.45, 7) is 0.